The Morgan fingerprint density at radius 3 is 2.78 bits per heavy atom. The van der Waals surface area contributed by atoms with E-state index >= 15 is 4.39 Å². The number of imidazole rings is 1. The van der Waals surface area contributed by atoms with Gasteiger partial charge in [-0.3, -0.25) is 13.9 Å². The molecule has 15 heteroatoms. The van der Waals surface area contributed by atoms with Crippen molar-refractivity contribution in [3.8, 4) is 5.75 Å². The minimum absolute atomic E-state index is 0.00652. The third-order valence-electron chi connectivity index (χ3n) is 5.26. The van der Waals surface area contributed by atoms with Crippen molar-refractivity contribution in [2.24, 2.45) is 0 Å². The number of hydrogen-bond donors (Lipinski definition) is 3. The van der Waals surface area contributed by atoms with Crippen LogP contribution in [-0.2, 0) is 23.4 Å². The highest BCUT2D eigenvalue weighted by Crippen LogP contribution is 2.45. The molecule has 4 rings (SSSR count). The highest BCUT2D eigenvalue weighted by Gasteiger charge is 2.40. The van der Waals surface area contributed by atoms with Gasteiger partial charge in [-0.15, -0.1) is 0 Å². The molecule has 3 heterocycles. The Labute approximate surface area is 212 Å². The van der Waals surface area contributed by atoms with E-state index in [9.17, 15) is 9.36 Å². The lowest BCUT2D eigenvalue weighted by Crippen LogP contribution is -2.28. The molecule has 3 unspecified atom stereocenters. The zero-order chi connectivity index (χ0) is 26.6. The molecule has 1 fully saturated rings. The minimum Gasteiger partial charge on any atom is -0.462 e. The maximum atomic E-state index is 15.1. The molecule has 0 bridgehead atoms. The van der Waals surface area contributed by atoms with Crippen molar-refractivity contribution < 1.29 is 32.3 Å². The number of aromatic nitrogens is 4. The third kappa shape index (κ3) is 6.52. The molecule has 4 N–H and O–H groups in total. The molecule has 4 atom stereocenters. The second-order valence-corrected chi connectivity index (χ2v) is 10.2. The number of halogens is 1. The Kier molecular flexibility index (Phi) is 8.22. The van der Waals surface area contributed by atoms with E-state index in [-0.39, 0.29) is 30.8 Å². The number of ether oxygens (including phenoxy) is 2. The summed E-state index contributed by atoms with van der Waals surface area (Å²) in [7, 11) is -2.41. The molecule has 3 aromatic rings. The van der Waals surface area contributed by atoms with E-state index in [2.05, 4.69) is 25.4 Å². The summed E-state index contributed by atoms with van der Waals surface area (Å²) in [4.78, 5) is 24.5. The SMILES string of the molecule is CNc1nc(N)nc2c1ncn2C1OC(COP(=O)(NCC(=O)OC(C)C)Oc2ccccc2)C[C@@H]1F. The van der Waals surface area contributed by atoms with Gasteiger partial charge in [-0.25, -0.2) is 19.0 Å². The first-order chi connectivity index (χ1) is 17.7. The van der Waals surface area contributed by atoms with Crippen LogP contribution in [-0.4, -0.2) is 64.1 Å². The maximum Gasteiger partial charge on any atom is 0.459 e. The van der Waals surface area contributed by atoms with Gasteiger partial charge in [0.25, 0.3) is 0 Å². The quantitative estimate of drug-likeness (QED) is 0.242. The summed E-state index contributed by atoms with van der Waals surface area (Å²) < 4.78 is 52.0. The highest BCUT2D eigenvalue weighted by molar-refractivity contribution is 7.52. The number of alkyl halides is 1. The largest absolute Gasteiger partial charge is 0.462 e. The monoisotopic (exact) mass is 537 g/mol. The molecule has 2 aromatic heterocycles. The molecule has 1 aliphatic heterocycles. The number of nitrogens with one attached hydrogen (secondary N) is 2. The Hall–Kier alpha value is -3.32. The fourth-order valence-corrected chi connectivity index (χ4v) is 5.01. The second-order valence-electron chi connectivity index (χ2n) is 8.48. The molecule has 37 heavy (non-hydrogen) atoms. The number of carbonyl (C=O) groups is 1. The van der Waals surface area contributed by atoms with Crippen LogP contribution in [0, 0.1) is 0 Å². The van der Waals surface area contributed by atoms with E-state index in [1.54, 1.807) is 51.2 Å². The van der Waals surface area contributed by atoms with Crippen LogP contribution in [0.2, 0.25) is 0 Å². The smallest absolute Gasteiger partial charge is 0.459 e. The first-order valence-corrected chi connectivity index (χ1v) is 13.1. The van der Waals surface area contributed by atoms with Crippen LogP contribution in [0.25, 0.3) is 11.2 Å². The fraction of sp³-hybridized carbons (Fsp3) is 0.455. The second kappa shape index (κ2) is 11.4. The van der Waals surface area contributed by atoms with Gasteiger partial charge in [0.15, 0.2) is 23.2 Å². The van der Waals surface area contributed by atoms with E-state index < -0.39 is 38.8 Å². The van der Waals surface area contributed by atoms with E-state index in [0.717, 1.165) is 0 Å². The van der Waals surface area contributed by atoms with Crippen LogP contribution in [0.4, 0.5) is 16.2 Å². The number of rotatable bonds is 11. The lowest BCUT2D eigenvalue weighted by atomic mass is 10.2. The summed E-state index contributed by atoms with van der Waals surface area (Å²) in [5.74, 6) is 0.0147. The topological polar surface area (TPSA) is 165 Å². The number of nitrogens with zero attached hydrogens (tertiary/aromatic N) is 4. The number of nitrogens with two attached hydrogens (primary N) is 1. The van der Waals surface area contributed by atoms with Crippen molar-refractivity contribution >= 4 is 36.6 Å². The van der Waals surface area contributed by atoms with Gasteiger partial charge in [-0.1, -0.05) is 18.2 Å². The summed E-state index contributed by atoms with van der Waals surface area (Å²) in [6.07, 6.45) is -2.29. The van der Waals surface area contributed by atoms with E-state index in [4.69, 9.17) is 24.3 Å². The van der Waals surface area contributed by atoms with Gasteiger partial charge in [-0.2, -0.15) is 9.97 Å². The van der Waals surface area contributed by atoms with Crippen molar-refractivity contribution in [1.82, 2.24) is 24.6 Å². The van der Waals surface area contributed by atoms with Gasteiger partial charge in [0.2, 0.25) is 5.95 Å². The zero-order valence-electron chi connectivity index (χ0n) is 20.5. The summed E-state index contributed by atoms with van der Waals surface area (Å²) in [6, 6.07) is 8.31. The fourth-order valence-electron chi connectivity index (χ4n) is 3.72. The molecule has 1 saturated heterocycles. The van der Waals surface area contributed by atoms with E-state index in [0.29, 0.717) is 17.0 Å². The zero-order valence-corrected chi connectivity index (χ0v) is 21.4. The van der Waals surface area contributed by atoms with Crippen molar-refractivity contribution in [3.05, 3.63) is 36.7 Å². The van der Waals surface area contributed by atoms with Gasteiger partial charge in [0, 0.05) is 13.5 Å². The predicted molar refractivity (Wildman–Crippen MR) is 133 cm³/mol. The molecule has 1 aromatic carbocycles. The van der Waals surface area contributed by atoms with Crippen LogP contribution >= 0.6 is 7.75 Å². The number of hydrogen-bond acceptors (Lipinski definition) is 11. The summed E-state index contributed by atoms with van der Waals surface area (Å²) in [5, 5.41) is 5.38. The van der Waals surface area contributed by atoms with Crippen molar-refractivity contribution in [2.75, 3.05) is 31.2 Å². The Balaban J connectivity index is 1.46. The molecular formula is C22H29FN7O6P. The first kappa shape index (κ1) is 26.7. The number of para-hydroxylation sites is 1. The summed E-state index contributed by atoms with van der Waals surface area (Å²) in [6.45, 7) is 2.69. The van der Waals surface area contributed by atoms with Crippen molar-refractivity contribution in [3.63, 3.8) is 0 Å². The lowest BCUT2D eigenvalue weighted by Gasteiger charge is -2.22. The number of esters is 1. The van der Waals surface area contributed by atoms with Crippen LogP contribution in [0.15, 0.2) is 36.7 Å². The number of fused-ring (bicyclic) bond motifs is 1. The van der Waals surface area contributed by atoms with Crippen LogP contribution in [0.5, 0.6) is 5.75 Å². The number of carbonyl (C=O) groups excluding carboxylic acids is 1. The van der Waals surface area contributed by atoms with Gasteiger partial charge in [-0.05, 0) is 26.0 Å². The lowest BCUT2D eigenvalue weighted by molar-refractivity contribution is -0.145. The Bertz CT molecular complexity index is 1280. The van der Waals surface area contributed by atoms with E-state index in [1.165, 1.54) is 10.9 Å². The van der Waals surface area contributed by atoms with E-state index in [1.807, 2.05) is 0 Å². The summed E-state index contributed by atoms with van der Waals surface area (Å²) in [5.41, 5.74) is 6.49. The average Bonchev–Trinajstić information content (AvgIpc) is 3.44. The molecule has 0 amide bonds. The van der Waals surface area contributed by atoms with Gasteiger partial charge in [0.1, 0.15) is 18.5 Å². The van der Waals surface area contributed by atoms with Gasteiger partial charge in [0.05, 0.1) is 25.1 Å². The average molecular weight is 537 g/mol. The minimum atomic E-state index is -4.06. The van der Waals surface area contributed by atoms with Crippen LogP contribution in [0.3, 0.4) is 0 Å². The number of anilines is 2. The van der Waals surface area contributed by atoms with Gasteiger partial charge >= 0.3 is 13.7 Å². The molecule has 200 valence electrons. The first-order valence-electron chi connectivity index (χ1n) is 11.6. The van der Waals surface area contributed by atoms with Crippen molar-refractivity contribution in [2.45, 2.75) is 44.9 Å². The molecule has 0 radical (unpaired) electrons. The summed E-state index contributed by atoms with van der Waals surface area (Å²) >= 11 is 0. The normalized spacial score (nSPS) is 21.2. The Morgan fingerprint density at radius 2 is 2.08 bits per heavy atom. The van der Waals surface area contributed by atoms with Crippen LogP contribution in [0.1, 0.15) is 26.5 Å². The van der Waals surface area contributed by atoms with Gasteiger partial charge < -0.3 is 25.0 Å². The molecule has 0 aliphatic carbocycles. The standard InChI is InChI=1S/C22H29FN7O6P/c1-13(2)34-17(31)10-27-37(32,36-14-7-5-4-6-8-14)33-11-15-9-16(23)21(35-15)30-12-26-18-19(25-3)28-22(24)29-20(18)30/h4-8,12-13,15-16,21H,9-11H2,1-3H3,(H,27,32)(H3,24,25,28,29)/t15?,16-,21?,37?/m0/s1. The molecule has 1 aliphatic rings. The molecular weight excluding hydrogens is 508 g/mol. The predicted octanol–water partition coefficient (Wildman–Crippen LogP) is 2.82. The highest BCUT2D eigenvalue weighted by atomic mass is 31.2. The number of nitrogen functional groups attached to an aromatic ring is 1. The molecule has 0 saturated carbocycles. The maximum absolute atomic E-state index is 15.1. The number of benzene rings is 1. The third-order valence-corrected chi connectivity index (χ3v) is 6.75. The molecule has 0 spiro atoms. The van der Waals surface area contributed by atoms with Crippen molar-refractivity contribution in [1.29, 1.82) is 0 Å². The Morgan fingerprint density at radius 1 is 1.32 bits per heavy atom. The van der Waals surface area contributed by atoms with Crippen LogP contribution < -0.4 is 20.7 Å². The molecule has 13 nitrogen and oxygen atoms in total.